The number of rotatable bonds is 3. The molecule has 3 N–H and O–H groups in total. The molecule has 2 unspecified atom stereocenters. The minimum Gasteiger partial charge on any atom is -0.348 e. The maximum atomic E-state index is 12.4. The quantitative estimate of drug-likeness (QED) is 0.797. The van der Waals surface area contributed by atoms with E-state index in [1.807, 2.05) is 37.3 Å². The lowest BCUT2D eigenvalue weighted by atomic mass is 9.99. The molecule has 24 heavy (non-hydrogen) atoms. The van der Waals surface area contributed by atoms with Crippen molar-refractivity contribution >= 4 is 18.3 Å². The van der Waals surface area contributed by atoms with Crippen LogP contribution in [0.2, 0.25) is 0 Å². The third kappa shape index (κ3) is 4.04. The molecule has 128 valence electrons. The number of aromatic amines is 1. The van der Waals surface area contributed by atoms with Crippen molar-refractivity contribution in [2.75, 3.05) is 6.54 Å². The molecule has 1 aliphatic rings. The first kappa shape index (κ1) is 18.2. The third-order valence-electron chi connectivity index (χ3n) is 4.32. The Morgan fingerprint density at radius 1 is 1.17 bits per heavy atom. The summed E-state index contributed by atoms with van der Waals surface area (Å²) in [6.07, 6.45) is 1.96. The summed E-state index contributed by atoms with van der Waals surface area (Å²) in [6.45, 7) is 3.02. The number of benzene rings is 1. The second kappa shape index (κ2) is 8.13. The molecule has 2 heterocycles. The molecule has 1 aliphatic heterocycles. The largest absolute Gasteiger partial charge is 0.348 e. The smallest absolute Gasteiger partial charge is 0.261 e. The number of aromatic nitrogens is 1. The Bertz CT molecular complexity index is 745. The van der Waals surface area contributed by atoms with E-state index in [0.29, 0.717) is 5.69 Å². The van der Waals surface area contributed by atoms with Crippen LogP contribution in [0.25, 0.3) is 11.3 Å². The molecule has 1 saturated heterocycles. The van der Waals surface area contributed by atoms with Crippen molar-refractivity contribution in [2.45, 2.75) is 31.8 Å². The topological polar surface area (TPSA) is 74.0 Å². The van der Waals surface area contributed by atoms with Gasteiger partial charge in [0.15, 0.2) is 0 Å². The number of pyridine rings is 1. The molecule has 0 spiro atoms. The Labute approximate surface area is 147 Å². The molecular weight excluding hydrogens is 326 g/mol. The van der Waals surface area contributed by atoms with Gasteiger partial charge in [0, 0.05) is 17.8 Å². The van der Waals surface area contributed by atoms with Gasteiger partial charge in [-0.3, -0.25) is 9.59 Å². The molecule has 1 amide bonds. The second-order valence-electron chi connectivity index (χ2n) is 5.95. The van der Waals surface area contributed by atoms with E-state index in [9.17, 15) is 9.59 Å². The van der Waals surface area contributed by atoms with Crippen LogP contribution in [0.1, 0.15) is 30.1 Å². The fourth-order valence-corrected chi connectivity index (χ4v) is 2.93. The average Bonchev–Trinajstić information content (AvgIpc) is 2.57. The van der Waals surface area contributed by atoms with Crippen LogP contribution in [-0.2, 0) is 0 Å². The van der Waals surface area contributed by atoms with Gasteiger partial charge in [0.2, 0.25) is 0 Å². The number of carbonyl (C=O) groups excluding carboxylic acids is 1. The fourth-order valence-electron chi connectivity index (χ4n) is 2.93. The molecule has 0 aliphatic carbocycles. The number of carbonyl (C=O) groups is 1. The second-order valence-corrected chi connectivity index (χ2v) is 5.95. The van der Waals surface area contributed by atoms with Crippen LogP contribution < -0.4 is 16.2 Å². The van der Waals surface area contributed by atoms with Crippen LogP contribution in [0, 0.1) is 0 Å². The maximum Gasteiger partial charge on any atom is 0.261 e. The summed E-state index contributed by atoms with van der Waals surface area (Å²) >= 11 is 0. The van der Waals surface area contributed by atoms with Crippen molar-refractivity contribution in [3.63, 3.8) is 0 Å². The van der Waals surface area contributed by atoms with Gasteiger partial charge < -0.3 is 15.6 Å². The molecule has 1 aromatic carbocycles. The first-order chi connectivity index (χ1) is 11.1. The van der Waals surface area contributed by atoms with Crippen LogP contribution in [0.5, 0.6) is 0 Å². The molecule has 0 bridgehead atoms. The highest BCUT2D eigenvalue weighted by Gasteiger charge is 2.23. The zero-order valence-corrected chi connectivity index (χ0v) is 14.4. The standard InChI is InChI=1S/C18H21N3O2.ClH/c1-12-15(8-5-11-19-12)20-17(22)14-9-10-16(21-18(14)23)13-6-3-2-4-7-13;/h2-4,6-7,9-10,12,15,19H,5,8,11H2,1H3,(H,20,22)(H,21,23);1H. The van der Waals surface area contributed by atoms with Crippen LogP contribution >= 0.6 is 12.4 Å². The van der Waals surface area contributed by atoms with E-state index in [1.54, 1.807) is 12.1 Å². The zero-order valence-electron chi connectivity index (χ0n) is 13.5. The number of H-pyrrole nitrogens is 1. The summed E-state index contributed by atoms with van der Waals surface area (Å²) in [4.78, 5) is 27.4. The van der Waals surface area contributed by atoms with E-state index in [-0.39, 0.29) is 41.5 Å². The predicted octanol–water partition coefficient (Wildman–Crippen LogP) is 2.33. The Morgan fingerprint density at radius 3 is 2.58 bits per heavy atom. The summed E-state index contributed by atoms with van der Waals surface area (Å²) in [5.41, 5.74) is 1.42. The Hall–Kier alpha value is -2.11. The van der Waals surface area contributed by atoms with Crippen molar-refractivity contribution in [1.82, 2.24) is 15.6 Å². The Kier molecular flexibility index (Phi) is 6.17. The summed E-state index contributed by atoms with van der Waals surface area (Å²) in [5.74, 6) is -0.314. The van der Waals surface area contributed by atoms with Crippen molar-refractivity contribution in [3.8, 4) is 11.3 Å². The summed E-state index contributed by atoms with van der Waals surface area (Å²) < 4.78 is 0. The molecule has 1 fully saturated rings. The van der Waals surface area contributed by atoms with Crippen LogP contribution in [-0.4, -0.2) is 29.5 Å². The number of amides is 1. The number of piperidine rings is 1. The zero-order chi connectivity index (χ0) is 16.2. The normalized spacial score (nSPS) is 20.0. The SMILES string of the molecule is CC1NCCCC1NC(=O)c1ccc(-c2ccccc2)[nH]c1=O.Cl. The van der Waals surface area contributed by atoms with Crippen LogP contribution in [0.3, 0.4) is 0 Å². The summed E-state index contributed by atoms with van der Waals surface area (Å²) in [5, 5.41) is 6.30. The minimum atomic E-state index is -0.361. The maximum absolute atomic E-state index is 12.4. The molecule has 5 nitrogen and oxygen atoms in total. The number of hydrogen-bond donors (Lipinski definition) is 3. The Balaban J connectivity index is 0.00000208. The van der Waals surface area contributed by atoms with E-state index >= 15 is 0 Å². The lowest BCUT2D eigenvalue weighted by molar-refractivity contribution is 0.0918. The summed E-state index contributed by atoms with van der Waals surface area (Å²) in [7, 11) is 0. The minimum absolute atomic E-state index is 0. The van der Waals surface area contributed by atoms with E-state index < -0.39 is 0 Å². The molecule has 0 radical (unpaired) electrons. The van der Waals surface area contributed by atoms with Crippen molar-refractivity contribution in [3.05, 3.63) is 58.4 Å². The fraction of sp³-hybridized carbons (Fsp3) is 0.333. The van der Waals surface area contributed by atoms with E-state index in [1.165, 1.54) is 0 Å². The predicted molar refractivity (Wildman–Crippen MR) is 97.7 cm³/mol. The lowest BCUT2D eigenvalue weighted by Gasteiger charge is -2.30. The number of halogens is 1. The lowest BCUT2D eigenvalue weighted by Crippen LogP contribution is -2.52. The third-order valence-corrected chi connectivity index (χ3v) is 4.32. The molecular formula is C18H22ClN3O2. The van der Waals surface area contributed by atoms with E-state index in [2.05, 4.69) is 15.6 Å². The van der Waals surface area contributed by atoms with Crippen molar-refractivity contribution in [2.24, 2.45) is 0 Å². The van der Waals surface area contributed by atoms with Gasteiger partial charge in [-0.15, -0.1) is 12.4 Å². The Morgan fingerprint density at radius 2 is 1.92 bits per heavy atom. The molecule has 6 heteroatoms. The first-order valence-electron chi connectivity index (χ1n) is 7.98. The number of nitrogens with one attached hydrogen (secondary N) is 3. The molecule has 3 rings (SSSR count). The first-order valence-corrected chi connectivity index (χ1v) is 7.98. The van der Waals surface area contributed by atoms with E-state index in [4.69, 9.17) is 0 Å². The van der Waals surface area contributed by atoms with Gasteiger partial charge in [-0.25, -0.2) is 0 Å². The summed E-state index contributed by atoms with van der Waals surface area (Å²) in [6, 6.07) is 13.2. The highest BCUT2D eigenvalue weighted by Crippen LogP contribution is 2.15. The average molecular weight is 348 g/mol. The molecule has 0 saturated carbocycles. The van der Waals surface area contributed by atoms with Gasteiger partial charge >= 0.3 is 0 Å². The van der Waals surface area contributed by atoms with Crippen molar-refractivity contribution in [1.29, 1.82) is 0 Å². The highest BCUT2D eigenvalue weighted by molar-refractivity contribution is 5.94. The van der Waals surface area contributed by atoms with Gasteiger partial charge in [0.05, 0.1) is 0 Å². The van der Waals surface area contributed by atoms with Gasteiger partial charge in [0.25, 0.3) is 11.5 Å². The van der Waals surface area contributed by atoms with Gasteiger partial charge in [0.1, 0.15) is 5.56 Å². The van der Waals surface area contributed by atoms with Gasteiger partial charge in [-0.2, -0.15) is 0 Å². The monoisotopic (exact) mass is 347 g/mol. The molecule has 2 atom stereocenters. The number of hydrogen-bond acceptors (Lipinski definition) is 3. The van der Waals surface area contributed by atoms with Crippen LogP contribution in [0.15, 0.2) is 47.3 Å². The van der Waals surface area contributed by atoms with Gasteiger partial charge in [-0.05, 0) is 44.0 Å². The van der Waals surface area contributed by atoms with Gasteiger partial charge in [-0.1, -0.05) is 30.3 Å². The molecule has 2 aromatic rings. The van der Waals surface area contributed by atoms with E-state index in [0.717, 1.165) is 24.9 Å². The highest BCUT2D eigenvalue weighted by atomic mass is 35.5. The molecule has 1 aromatic heterocycles. The van der Waals surface area contributed by atoms with Crippen LogP contribution in [0.4, 0.5) is 0 Å². The van der Waals surface area contributed by atoms with Crippen molar-refractivity contribution < 1.29 is 4.79 Å².